The van der Waals surface area contributed by atoms with Crippen molar-refractivity contribution in [2.24, 2.45) is 5.41 Å². The molecule has 2 saturated carbocycles. The molecule has 9 heteroatoms. The van der Waals surface area contributed by atoms with Crippen molar-refractivity contribution in [2.45, 2.75) is 97.1 Å². The van der Waals surface area contributed by atoms with Crippen LogP contribution in [0.15, 0.2) is 21.7 Å². The number of carbonyl (C=O) groups excluding carboxylic acids is 1. The number of benzene rings is 1. The highest BCUT2D eigenvalue weighted by Gasteiger charge is 2.27. The average molecular weight is 476 g/mol. The smallest absolute Gasteiger partial charge is 0.369 e. The van der Waals surface area contributed by atoms with E-state index in [1.54, 1.807) is 6.07 Å². The first-order valence-electron chi connectivity index (χ1n) is 12.3. The lowest BCUT2D eigenvalue weighted by atomic mass is 9.93. The summed E-state index contributed by atoms with van der Waals surface area (Å²) in [5, 5.41) is 3.28. The number of carbonyl (C=O) groups is 1. The monoisotopic (exact) mass is 475 g/mol. The lowest BCUT2D eigenvalue weighted by Crippen LogP contribution is -2.45. The molecular formula is C25H34FN3O5. The molecule has 0 bridgehead atoms. The largest absolute Gasteiger partial charge is 0.380 e. The molecule has 0 radical (unpaired) electrons. The summed E-state index contributed by atoms with van der Waals surface area (Å²) in [5.41, 5.74) is -1.30. The quantitative estimate of drug-likeness (QED) is 0.489. The third kappa shape index (κ3) is 5.28. The molecule has 1 heterocycles. The standard InChI is InChI=1S/C25H34FN3O5/c1-25(2,3)15-22(30)33-34-29-23(31)18-13-19(26)20(27-16-9-5-4-6-10-16)14-21(18)28(24(29)32)17-11-7-8-12-17/h13-14,16-17,27H,4-12,15H2,1-3H3. The number of nitrogens with zero attached hydrogens (tertiary/aromatic N) is 2. The van der Waals surface area contributed by atoms with E-state index in [1.165, 1.54) is 11.0 Å². The molecule has 2 aliphatic rings. The van der Waals surface area contributed by atoms with E-state index in [0.29, 0.717) is 15.9 Å². The molecule has 0 amide bonds. The Morgan fingerprint density at radius 3 is 2.35 bits per heavy atom. The van der Waals surface area contributed by atoms with E-state index >= 15 is 4.39 Å². The second-order valence-electron chi connectivity index (χ2n) is 10.8. The number of anilines is 1. The molecule has 1 aromatic heterocycles. The van der Waals surface area contributed by atoms with E-state index in [2.05, 4.69) is 5.32 Å². The van der Waals surface area contributed by atoms with Crippen molar-refractivity contribution in [3.05, 3.63) is 38.8 Å². The van der Waals surface area contributed by atoms with Crippen LogP contribution in [-0.2, 0) is 9.68 Å². The Balaban J connectivity index is 1.75. The van der Waals surface area contributed by atoms with E-state index < -0.39 is 23.0 Å². The molecule has 0 atom stereocenters. The van der Waals surface area contributed by atoms with Crippen LogP contribution >= 0.6 is 0 Å². The molecule has 0 aliphatic heterocycles. The van der Waals surface area contributed by atoms with Gasteiger partial charge in [0, 0.05) is 12.1 Å². The molecule has 2 fully saturated rings. The fourth-order valence-electron chi connectivity index (χ4n) is 5.03. The van der Waals surface area contributed by atoms with Crippen molar-refractivity contribution < 1.29 is 19.1 Å². The van der Waals surface area contributed by atoms with Gasteiger partial charge in [-0.3, -0.25) is 9.36 Å². The van der Waals surface area contributed by atoms with E-state index in [9.17, 15) is 14.4 Å². The zero-order valence-electron chi connectivity index (χ0n) is 20.2. The Hall–Kier alpha value is -2.84. The van der Waals surface area contributed by atoms with Gasteiger partial charge < -0.3 is 5.32 Å². The topological polar surface area (TPSA) is 91.6 Å². The first-order chi connectivity index (χ1) is 16.1. The molecule has 4 rings (SSSR count). The van der Waals surface area contributed by atoms with Crippen LogP contribution in [-0.4, -0.2) is 21.3 Å². The minimum Gasteiger partial charge on any atom is -0.380 e. The number of aromatic nitrogens is 2. The summed E-state index contributed by atoms with van der Waals surface area (Å²) in [6, 6.07) is 2.72. The predicted molar refractivity (Wildman–Crippen MR) is 127 cm³/mol. The molecule has 2 aromatic rings. The lowest BCUT2D eigenvalue weighted by Gasteiger charge is -2.25. The normalized spacial score (nSPS) is 17.8. The second-order valence-corrected chi connectivity index (χ2v) is 10.8. The van der Waals surface area contributed by atoms with E-state index in [1.807, 2.05) is 20.8 Å². The summed E-state index contributed by atoms with van der Waals surface area (Å²) in [7, 11) is 0. The van der Waals surface area contributed by atoms with Gasteiger partial charge in [-0.15, -0.1) is 0 Å². The number of hydrogen-bond acceptors (Lipinski definition) is 6. The summed E-state index contributed by atoms with van der Waals surface area (Å²) in [4.78, 5) is 48.3. The summed E-state index contributed by atoms with van der Waals surface area (Å²) in [6.45, 7) is 5.56. The van der Waals surface area contributed by atoms with Crippen LogP contribution in [0.4, 0.5) is 10.1 Å². The molecule has 1 N–H and O–H groups in total. The Bertz CT molecular complexity index is 1170. The fraction of sp³-hybridized carbons (Fsp3) is 0.640. The first kappa shape index (κ1) is 24.3. The average Bonchev–Trinajstić information content (AvgIpc) is 3.29. The number of halogens is 1. The van der Waals surface area contributed by atoms with Gasteiger partial charge in [-0.05, 0) is 48.0 Å². The van der Waals surface area contributed by atoms with Gasteiger partial charge in [0.25, 0.3) is 0 Å². The lowest BCUT2D eigenvalue weighted by molar-refractivity contribution is -0.277. The maximum atomic E-state index is 15.1. The van der Waals surface area contributed by atoms with Crippen LogP contribution in [0.25, 0.3) is 10.9 Å². The van der Waals surface area contributed by atoms with Gasteiger partial charge in [0.05, 0.1) is 23.0 Å². The van der Waals surface area contributed by atoms with Crippen molar-refractivity contribution in [3.8, 4) is 0 Å². The maximum Gasteiger partial charge on any atom is 0.369 e. The highest BCUT2D eigenvalue weighted by molar-refractivity contribution is 5.82. The van der Waals surface area contributed by atoms with Gasteiger partial charge in [0.2, 0.25) is 0 Å². The van der Waals surface area contributed by atoms with Crippen molar-refractivity contribution in [1.82, 2.24) is 9.30 Å². The van der Waals surface area contributed by atoms with Crippen molar-refractivity contribution in [3.63, 3.8) is 0 Å². The molecule has 0 saturated heterocycles. The second kappa shape index (κ2) is 9.80. The zero-order valence-corrected chi connectivity index (χ0v) is 20.2. The molecular weight excluding hydrogens is 441 g/mol. The van der Waals surface area contributed by atoms with Crippen molar-refractivity contribution in [2.75, 3.05) is 5.32 Å². The van der Waals surface area contributed by atoms with Crippen LogP contribution in [0.2, 0.25) is 0 Å². The number of hydrogen-bond donors (Lipinski definition) is 1. The zero-order chi connectivity index (χ0) is 24.5. The highest BCUT2D eigenvalue weighted by atomic mass is 19.1. The first-order valence-corrected chi connectivity index (χ1v) is 12.3. The number of nitrogens with one attached hydrogen (secondary N) is 1. The van der Waals surface area contributed by atoms with Crippen LogP contribution in [0.1, 0.15) is 91.0 Å². The van der Waals surface area contributed by atoms with Crippen molar-refractivity contribution in [1.29, 1.82) is 0 Å². The SMILES string of the molecule is CC(C)(C)CC(=O)OOn1c(=O)c2cc(F)c(NC3CCCCC3)cc2n(C2CCCC2)c1=O. The van der Waals surface area contributed by atoms with E-state index in [-0.39, 0.29) is 29.3 Å². The van der Waals surface area contributed by atoms with Crippen molar-refractivity contribution >= 4 is 22.6 Å². The van der Waals surface area contributed by atoms with Gasteiger partial charge >= 0.3 is 17.2 Å². The number of fused-ring (bicyclic) bond motifs is 1. The fourth-order valence-corrected chi connectivity index (χ4v) is 5.03. The summed E-state index contributed by atoms with van der Waals surface area (Å²) >= 11 is 0. The van der Waals surface area contributed by atoms with E-state index in [4.69, 9.17) is 9.88 Å². The van der Waals surface area contributed by atoms with Gasteiger partial charge in [-0.25, -0.2) is 18.9 Å². The van der Waals surface area contributed by atoms with Gasteiger partial charge in [-0.1, -0.05) is 52.9 Å². The Kier molecular flexibility index (Phi) is 7.00. The van der Waals surface area contributed by atoms with Crippen LogP contribution in [0.3, 0.4) is 0 Å². The Labute approximate surface area is 197 Å². The minimum absolute atomic E-state index is 0.00469. The van der Waals surface area contributed by atoms with Crippen LogP contribution in [0, 0.1) is 11.2 Å². The molecule has 0 spiro atoms. The molecule has 34 heavy (non-hydrogen) atoms. The van der Waals surface area contributed by atoms with Gasteiger partial charge in [0.1, 0.15) is 5.82 Å². The van der Waals surface area contributed by atoms with Gasteiger partial charge in [-0.2, -0.15) is 4.99 Å². The summed E-state index contributed by atoms with van der Waals surface area (Å²) in [6.07, 6.45) is 8.76. The highest BCUT2D eigenvalue weighted by Crippen LogP contribution is 2.32. The minimum atomic E-state index is -0.860. The van der Waals surface area contributed by atoms with Gasteiger partial charge in [0.15, 0.2) is 0 Å². The third-order valence-electron chi connectivity index (χ3n) is 6.67. The van der Waals surface area contributed by atoms with Crippen LogP contribution < -0.4 is 21.6 Å². The maximum absolute atomic E-state index is 15.1. The molecule has 8 nitrogen and oxygen atoms in total. The summed E-state index contributed by atoms with van der Waals surface area (Å²) in [5.74, 6) is -1.27. The summed E-state index contributed by atoms with van der Waals surface area (Å²) < 4.78 is 17.0. The molecule has 1 aromatic carbocycles. The molecule has 2 aliphatic carbocycles. The molecule has 0 unspecified atom stereocenters. The molecule has 186 valence electrons. The Morgan fingerprint density at radius 1 is 1.06 bits per heavy atom. The Morgan fingerprint density at radius 2 is 1.71 bits per heavy atom. The number of rotatable bonds is 6. The van der Waals surface area contributed by atoms with Crippen LogP contribution in [0.5, 0.6) is 0 Å². The van der Waals surface area contributed by atoms with E-state index in [0.717, 1.165) is 57.4 Å². The predicted octanol–water partition coefficient (Wildman–Crippen LogP) is 4.49. The third-order valence-corrected chi connectivity index (χ3v) is 6.67.